The molecule has 0 aromatic heterocycles. The van der Waals surface area contributed by atoms with Gasteiger partial charge in [0, 0.05) is 32.6 Å². The van der Waals surface area contributed by atoms with E-state index in [1.807, 2.05) is 41.8 Å². The van der Waals surface area contributed by atoms with Crippen molar-refractivity contribution in [2.24, 2.45) is 5.92 Å². The fourth-order valence-corrected chi connectivity index (χ4v) is 3.01. The molecule has 0 aliphatic carbocycles. The monoisotopic (exact) mass is 346 g/mol. The zero-order valence-corrected chi connectivity index (χ0v) is 15.9. The molecule has 25 heavy (non-hydrogen) atoms. The first-order valence-corrected chi connectivity index (χ1v) is 9.13. The van der Waals surface area contributed by atoms with Crippen LogP contribution in [0.25, 0.3) is 0 Å². The molecule has 0 bridgehead atoms. The molecule has 138 valence electrons. The van der Waals surface area contributed by atoms with E-state index in [4.69, 9.17) is 4.74 Å². The standard InChI is InChI=1S/C20H30N2O3/c1-15(2)13-19(23)21-9-6-10-22(12-11-21)20(24)14-25-18-8-5-7-16(3)17(18)4/h5,7-8,15H,6,9-14H2,1-4H3. The molecule has 1 fully saturated rings. The van der Waals surface area contributed by atoms with Crippen LogP contribution in [0.4, 0.5) is 0 Å². The van der Waals surface area contributed by atoms with Crippen molar-refractivity contribution in [3.63, 3.8) is 0 Å². The van der Waals surface area contributed by atoms with Gasteiger partial charge in [-0.15, -0.1) is 0 Å². The first kappa shape index (κ1) is 19.3. The molecule has 0 spiro atoms. The van der Waals surface area contributed by atoms with Crippen molar-refractivity contribution in [2.45, 2.75) is 40.5 Å². The van der Waals surface area contributed by atoms with Crippen LogP contribution in [0.1, 0.15) is 37.8 Å². The highest BCUT2D eigenvalue weighted by Crippen LogP contribution is 2.20. The Bertz CT molecular complexity index is 613. The van der Waals surface area contributed by atoms with Crippen molar-refractivity contribution in [1.82, 2.24) is 9.80 Å². The van der Waals surface area contributed by atoms with Gasteiger partial charge in [-0.25, -0.2) is 0 Å². The van der Waals surface area contributed by atoms with Crippen molar-refractivity contribution in [3.8, 4) is 5.75 Å². The van der Waals surface area contributed by atoms with Gasteiger partial charge in [0.1, 0.15) is 5.75 Å². The quantitative estimate of drug-likeness (QED) is 0.824. The summed E-state index contributed by atoms with van der Waals surface area (Å²) in [5, 5.41) is 0. The molecule has 2 amide bonds. The summed E-state index contributed by atoms with van der Waals surface area (Å²) >= 11 is 0. The minimum Gasteiger partial charge on any atom is -0.483 e. The lowest BCUT2D eigenvalue weighted by Crippen LogP contribution is -2.39. The zero-order chi connectivity index (χ0) is 18.4. The highest BCUT2D eigenvalue weighted by atomic mass is 16.5. The second-order valence-electron chi connectivity index (χ2n) is 7.20. The largest absolute Gasteiger partial charge is 0.483 e. The third-order valence-corrected chi connectivity index (χ3v) is 4.69. The predicted octanol–water partition coefficient (Wildman–Crippen LogP) is 2.79. The van der Waals surface area contributed by atoms with Gasteiger partial charge in [-0.1, -0.05) is 26.0 Å². The number of hydrogen-bond donors (Lipinski definition) is 0. The first-order valence-electron chi connectivity index (χ1n) is 9.13. The Hall–Kier alpha value is -2.04. The number of aryl methyl sites for hydroxylation is 1. The van der Waals surface area contributed by atoms with Gasteiger partial charge in [0.25, 0.3) is 5.91 Å². The van der Waals surface area contributed by atoms with Gasteiger partial charge < -0.3 is 14.5 Å². The summed E-state index contributed by atoms with van der Waals surface area (Å²) in [4.78, 5) is 28.4. The van der Waals surface area contributed by atoms with E-state index < -0.39 is 0 Å². The van der Waals surface area contributed by atoms with Gasteiger partial charge in [-0.3, -0.25) is 9.59 Å². The van der Waals surface area contributed by atoms with Crippen molar-refractivity contribution in [3.05, 3.63) is 29.3 Å². The number of ether oxygens (including phenoxy) is 1. The number of carbonyl (C=O) groups is 2. The molecule has 1 aliphatic rings. The molecule has 5 heteroatoms. The van der Waals surface area contributed by atoms with E-state index >= 15 is 0 Å². The van der Waals surface area contributed by atoms with Crippen LogP contribution in [0, 0.1) is 19.8 Å². The Morgan fingerprint density at radius 3 is 2.32 bits per heavy atom. The second kappa shape index (κ2) is 8.88. The summed E-state index contributed by atoms with van der Waals surface area (Å²) in [6.07, 6.45) is 1.39. The molecule has 1 aliphatic heterocycles. The molecule has 0 unspecified atom stereocenters. The van der Waals surface area contributed by atoms with Gasteiger partial charge in [0.05, 0.1) is 0 Å². The maximum absolute atomic E-state index is 12.5. The third kappa shape index (κ3) is 5.48. The molecule has 5 nitrogen and oxygen atoms in total. The van der Waals surface area contributed by atoms with E-state index in [0.717, 1.165) is 29.8 Å². The zero-order valence-electron chi connectivity index (χ0n) is 15.9. The van der Waals surface area contributed by atoms with E-state index in [1.165, 1.54) is 0 Å². The summed E-state index contributed by atoms with van der Waals surface area (Å²) in [7, 11) is 0. The summed E-state index contributed by atoms with van der Waals surface area (Å²) in [6, 6.07) is 5.86. The molecule has 1 heterocycles. The normalized spacial score (nSPS) is 15.2. The summed E-state index contributed by atoms with van der Waals surface area (Å²) < 4.78 is 5.73. The minimum atomic E-state index is -0.0148. The Morgan fingerprint density at radius 2 is 1.68 bits per heavy atom. The number of rotatable bonds is 5. The van der Waals surface area contributed by atoms with E-state index in [2.05, 4.69) is 13.8 Å². The summed E-state index contributed by atoms with van der Waals surface area (Å²) in [5.74, 6) is 1.30. The van der Waals surface area contributed by atoms with Crippen LogP contribution in [-0.2, 0) is 9.59 Å². The number of hydrogen-bond acceptors (Lipinski definition) is 3. The van der Waals surface area contributed by atoms with Crippen LogP contribution in [-0.4, -0.2) is 54.4 Å². The topological polar surface area (TPSA) is 49.9 Å². The molecular weight excluding hydrogens is 316 g/mol. The number of nitrogens with zero attached hydrogens (tertiary/aromatic N) is 2. The third-order valence-electron chi connectivity index (χ3n) is 4.69. The first-order chi connectivity index (χ1) is 11.9. The Labute approximate surface area is 150 Å². The van der Waals surface area contributed by atoms with Crippen molar-refractivity contribution < 1.29 is 14.3 Å². The smallest absolute Gasteiger partial charge is 0.260 e. The van der Waals surface area contributed by atoms with E-state index in [-0.39, 0.29) is 18.4 Å². The van der Waals surface area contributed by atoms with E-state index in [0.29, 0.717) is 32.0 Å². The highest BCUT2D eigenvalue weighted by molar-refractivity contribution is 5.79. The van der Waals surface area contributed by atoms with Crippen molar-refractivity contribution in [2.75, 3.05) is 32.8 Å². The maximum Gasteiger partial charge on any atom is 0.260 e. The van der Waals surface area contributed by atoms with Gasteiger partial charge in [-0.2, -0.15) is 0 Å². The maximum atomic E-state index is 12.5. The number of carbonyl (C=O) groups excluding carboxylic acids is 2. The minimum absolute atomic E-state index is 0.0148. The van der Waals surface area contributed by atoms with Crippen LogP contribution in [0.2, 0.25) is 0 Å². The van der Waals surface area contributed by atoms with Crippen LogP contribution in [0.3, 0.4) is 0 Å². The molecule has 1 aromatic rings. The number of benzene rings is 1. The van der Waals surface area contributed by atoms with Gasteiger partial charge in [-0.05, 0) is 43.4 Å². The summed E-state index contributed by atoms with van der Waals surface area (Å²) in [5.41, 5.74) is 2.22. The Balaban J connectivity index is 1.86. The van der Waals surface area contributed by atoms with Gasteiger partial charge in [0.2, 0.25) is 5.91 Å². The lowest BCUT2D eigenvalue weighted by atomic mass is 10.1. The van der Waals surface area contributed by atoms with Crippen LogP contribution < -0.4 is 4.74 Å². The van der Waals surface area contributed by atoms with Crippen molar-refractivity contribution >= 4 is 11.8 Å². The summed E-state index contributed by atoms with van der Waals surface area (Å²) in [6.45, 7) is 10.8. The SMILES string of the molecule is Cc1cccc(OCC(=O)N2CCCN(C(=O)CC(C)C)CC2)c1C. The molecule has 1 aromatic carbocycles. The van der Waals surface area contributed by atoms with Gasteiger partial charge >= 0.3 is 0 Å². The van der Waals surface area contributed by atoms with Crippen LogP contribution >= 0.6 is 0 Å². The lowest BCUT2D eigenvalue weighted by Gasteiger charge is -2.23. The fraction of sp³-hybridized carbons (Fsp3) is 0.600. The average Bonchev–Trinajstić information content (AvgIpc) is 2.81. The molecule has 0 N–H and O–H groups in total. The average molecular weight is 346 g/mol. The predicted molar refractivity (Wildman–Crippen MR) is 98.6 cm³/mol. The second-order valence-corrected chi connectivity index (χ2v) is 7.20. The van der Waals surface area contributed by atoms with E-state index in [1.54, 1.807) is 0 Å². The van der Waals surface area contributed by atoms with Crippen LogP contribution in [0.5, 0.6) is 5.75 Å². The van der Waals surface area contributed by atoms with Crippen LogP contribution in [0.15, 0.2) is 18.2 Å². The highest BCUT2D eigenvalue weighted by Gasteiger charge is 2.22. The molecule has 1 saturated heterocycles. The van der Waals surface area contributed by atoms with E-state index in [9.17, 15) is 9.59 Å². The fourth-order valence-electron chi connectivity index (χ4n) is 3.01. The van der Waals surface area contributed by atoms with Gasteiger partial charge in [0.15, 0.2) is 6.61 Å². The van der Waals surface area contributed by atoms with Crippen molar-refractivity contribution in [1.29, 1.82) is 0 Å². The molecule has 2 rings (SSSR count). The Morgan fingerprint density at radius 1 is 1.04 bits per heavy atom. The number of amides is 2. The molecule has 0 radical (unpaired) electrons. The molecular formula is C20H30N2O3. The lowest BCUT2D eigenvalue weighted by molar-refractivity contribution is -0.135. The Kier molecular flexibility index (Phi) is 6.85. The molecule has 0 atom stereocenters. The molecule has 0 saturated carbocycles.